The molecule has 0 saturated carbocycles. The molecule has 0 aromatic heterocycles. The van der Waals surface area contributed by atoms with Gasteiger partial charge in [0, 0.05) is 5.56 Å². The van der Waals surface area contributed by atoms with Gasteiger partial charge in [0.15, 0.2) is 0 Å². The number of carbonyl (C=O) groups is 2. The molecule has 0 aliphatic heterocycles. The van der Waals surface area contributed by atoms with Crippen LogP contribution in [0.4, 0.5) is 0 Å². The van der Waals surface area contributed by atoms with Gasteiger partial charge in [-0.05, 0) is 52.7 Å². The molecule has 0 saturated heterocycles. The van der Waals surface area contributed by atoms with E-state index in [4.69, 9.17) is 4.74 Å². The Balaban J connectivity index is 1.87. The van der Waals surface area contributed by atoms with E-state index in [2.05, 4.69) is 26.6 Å². The van der Waals surface area contributed by atoms with Crippen LogP contribution >= 0.6 is 15.9 Å². The molecule has 0 aliphatic carbocycles. The zero-order chi connectivity index (χ0) is 17.5. The lowest BCUT2D eigenvalue weighted by Crippen LogP contribution is -2.38. The van der Waals surface area contributed by atoms with Crippen molar-refractivity contribution in [1.82, 2.24) is 10.6 Å². The van der Waals surface area contributed by atoms with E-state index < -0.39 is 0 Å². The second kappa shape index (κ2) is 8.49. The lowest BCUT2D eigenvalue weighted by atomic mass is 10.1. The van der Waals surface area contributed by atoms with Crippen LogP contribution in [-0.2, 0) is 4.79 Å². The van der Waals surface area contributed by atoms with Crippen molar-refractivity contribution in [3.05, 3.63) is 64.1 Å². The van der Waals surface area contributed by atoms with Crippen LogP contribution in [-0.4, -0.2) is 25.5 Å². The van der Waals surface area contributed by atoms with Gasteiger partial charge in [-0.1, -0.05) is 24.3 Å². The van der Waals surface area contributed by atoms with Gasteiger partial charge in [0.2, 0.25) is 5.91 Å². The van der Waals surface area contributed by atoms with Gasteiger partial charge in [0.25, 0.3) is 5.91 Å². The smallest absolute Gasteiger partial charge is 0.251 e. The molecule has 6 heteroatoms. The molecule has 1 atom stereocenters. The first-order valence-corrected chi connectivity index (χ1v) is 8.26. The highest BCUT2D eigenvalue weighted by atomic mass is 79.9. The second-order valence-corrected chi connectivity index (χ2v) is 6.09. The molecule has 1 unspecified atom stereocenters. The maximum absolute atomic E-state index is 12.0. The lowest BCUT2D eigenvalue weighted by Gasteiger charge is -2.16. The molecule has 0 aliphatic rings. The molecule has 2 N–H and O–H groups in total. The van der Waals surface area contributed by atoms with Gasteiger partial charge >= 0.3 is 0 Å². The fourth-order valence-corrected chi connectivity index (χ4v) is 2.74. The van der Waals surface area contributed by atoms with E-state index in [9.17, 15) is 9.59 Å². The highest BCUT2D eigenvalue weighted by Gasteiger charge is 2.13. The van der Waals surface area contributed by atoms with E-state index in [1.807, 2.05) is 31.2 Å². The molecule has 2 rings (SSSR count). The summed E-state index contributed by atoms with van der Waals surface area (Å²) in [7, 11) is 1.60. The highest BCUT2D eigenvalue weighted by molar-refractivity contribution is 9.10. The summed E-state index contributed by atoms with van der Waals surface area (Å²) < 4.78 is 6.01. The number of rotatable bonds is 6. The van der Waals surface area contributed by atoms with E-state index in [-0.39, 0.29) is 24.4 Å². The van der Waals surface area contributed by atoms with E-state index in [1.54, 1.807) is 31.4 Å². The van der Waals surface area contributed by atoms with Crippen molar-refractivity contribution < 1.29 is 14.3 Å². The average Bonchev–Trinajstić information content (AvgIpc) is 2.60. The van der Waals surface area contributed by atoms with Gasteiger partial charge in [-0.25, -0.2) is 0 Å². The summed E-state index contributed by atoms with van der Waals surface area (Å²) in [5.74, 6) is 0.205. The minimum Gasteiger partial charge on any atom is -0.496 e. The van der Waals surface area contributed by atoms with Crippen LogP contribution in [0.3, 0.4) is 0 Å². The standard InChI is InChI=1S/C18H19BrN2O3/c1-12(14-8-9-16(24-2)15(19)10-14)21-17(22)11-20-18(23)13-6-4-3-5-7-13/h3-10,12H,11H2,1-2H3,(H,20,23)(H,21,22). The molecule has 0 heterocycles. The topological polar surface area (TPSA) is 67.4 Å². The Kier molecular flexibility index (Phi) is 6.37. The molecule has 0 fully saturated rings. The van der Waals surface area contributed by atoms with Crippen molar-refractivity contribution in [1.29, 1.82) is 0 Å². The SMILES string of the molecule is COc1ccc(C(C)NC(=O)CNC(=O)c2ccccc2)cc1Br. The number of hydrogen-bond acceptors (Lipinski definition) is 3. The third-order valence-electron chi connectivity index (χ3n) is 3.50. The highest BCUT2D eigenvalue weighted by Crippen LogP contribution is 2.27. The monoisotopic (exact) mass is 390 g/mol. The van der Waals surface area contributed by atoms with Gasteiger partial charge in [0.05, 0.1) is 24.2 Å². The summed E-state index contributed by atoms with van der Waals surface area (Å²) in [6, 6.07) is 14.2. The Morgan fingerprint density at radius 2 is 1.88 bits per heavy atom. The van der Waals surface area contributed by atoms with E-state index in [1.165, 1.54) is 0 Å². The van der Waals surface area contributed by atoms with E-state index >= 15 is 0 Å². The zero-order valence-electron chi connectivity index (χ0n) is 13.5. The number of carbonyl (C=O) groups excluding carboxylic acids is 2. The van der Waals surface area contributed by atoms with Gasteiger partial charge in [0.1, 0.15) is 5.75 Å². The van der Waals surface area contributed by atoms with E-state index in [0.29, 0.717) is 5.56 Å². The first-order chi connectivity index (χ1) is 11.5. The van der Waals surface area contributed by atoms with Crippen molar-refractivity contribution in [2.75, 3.05) is 13.7 Å². The quantitative estimate of drug-likeness (QED) is 0.796. The Morgan fingerprint density at radius 3 is 2.50 bits per heavy atom. The predicted molar refractivity (Wildman–Crippen MR) is 96.0 cm³/mol. The van der Waals surface area contributed by atoms with Crippen LogP contribution in [0.25, 0.3) is 0 Å². The molecule has 0 bridgehead atoms. The number of hydrogen-bond donors (Lipinski definition) is 2. The molecule has 2 aromatic rings. The van der Waals surface area contributed by atoms with Gasteiger partial charge < -0.3 is 15.4 Å². The Bertz CT molecular complexity index is 719. The molecule has 5 nitrogen and oxygen atoms in total. The van der Waals surface area contributed by atoms with Crippen molar-refractivity contribution in [3.63, 3.8) is 0 Å². The average molecular weight is 391 g/mol. The number of methoxy groups -OCH3 is 1. The maximum atomic E-state index is 12.0. The number of benzene rings is 2. The van der Waals surface area contributed by atoms with Gasteiger partial charge in [-0.15, -0.1) is 0 Å². The fourth-order valence-electron chi connectivity index (χ4n) is 2.18. The third-order valence-corrected chi connectivity index (χ3v) is 4.12. The maximum Gasteiger partial charge on any atom is 0.251 e. The number of amides is 2. The van der Waals surface area contributed by atoms with Gasteiger partial charge in [-0.2, -0.15) is 0 Å². The summed E-state index contributed by atoms with van der Waals surface area (Å²) >= 11 is 3.42. The first kappa shape index (κ1) is 18.0. The van der Waals surface area contributed by atoms with Crippen LogP contribution < -0.4 is 15.4 Å². The van der Waals surface area contributed by atoms with Gasteiger partial charge in [-0.3, -0.25) is 9.59 Å². The molecular weight excluding hydrogens is 372 g/mol. The van der Waals surface area contributed by atoms with Crippen LogP contribution in [0.2, 0.25) is 0 Å². The molecule has 2 amide bonds. The molecular formula is C18H19BrN2O3. The van der Waals surface area contributed by atoms with Crippen LogP contribution in [0.5, 0.6) is 5.75 Å². The van der Waals surface area contributed by atoms with Crippen molar-refractivity contribution in [3.8, 4) is 5.75 Å². The molecule has 2 aromatic carbocycles. The molecule has 0 spiro atoms. The van der Waals surface area contributed by atoms with Crippen molar-refractivity contribution >= 4 is 27.7 Å². The number of nitrogens with one attached hydrogen (secondary N) is 2. The van der Waals surface area contributed by atoms with Crippen LogP contribution in [0.15, 0.2) is 53.0 Å². The zero-order valence-corrected chi connectivity index (χ0v) is 15.1. The minimum atomic E-state index is -0.273. The molecule has 126 valence electrons. The summed E-state index contributed by atoms with van der Waals surface area (Å²) in [6.07, 6.45) is 0. The fraction of sp³-hybridized carbons (Fsp3) is 0.222. The molecule has 24 heavy (non-hydrogen) atoms. The summed E-state index contributed by atoms with van der Waals surface area (Å²) in [4.78, 5) is 23.9. The molecule has 0 radical (unpaired) electrons. The minimum absolute atomic E-state index is 0.0740. The Morgan fingerprint density at radius 1 is 1.17 bits per heavy atom. The van der Waals surface area contributed by atoms with Crippen molar-refractivity contribution in [2.24, 2.45) is 0 Å². The van der Waals surface area contributed by atoms with E-state index in [0.717, 1.165) is 15.8 Å². The Labute approximate surface area is 149 Å². The largest absolute Gasteiger partial charge is 0.496 e. The summed E-state index contributed by atoms with van der Waals surface area (Å²) in [5, 5.41) is 5.46. The third kappa shape index (κ3) is 4.83. The predicted octanol–water partition coefficient (Wildman–Crippen LogP) is 3.06. The number of halogens is 1. The summed E-state index contributed by atoms with van der Waals surface area (Å²) in [5.41, 5.74) is 1.46. The van der Waals surface area contributed by atoms with Crippen molar-refractivity contribution in [2.45, 2.75) is 13.0 Å². The lowest BCUT2D eigenvalue weighted by molar-refractivity contribution is -0.120. The van der Waals surface area contributed by atoms with Crippen LogP contribution in [0, 0.1) is 0 Å². The number of ether oxygens (including phenoxy) is 1. The first-order valence-electron chi connectivity index (χ1n) is 7.47. The summed E-state index contributed by atoms with van der Waals surface area (Å²) in [6.45, 7) is 1.81. The van der Waals surface area contributed by atoms with Crippen LogP contribution in [0.1, 0.15) is 28.9 Å². The Hall–Kier alpha value is -2.34. The normalized spacial score (nSPS) is 11.5. The second-order valence-electron chi connectivity index (χ2n) is 5.23.